The van der Waals surface area contributed by atoms with Crippen LogP contribution in [0.3, 0.4) is 0 Å². The number of hydrogen-bond donors (Lipinski definition) is 2. The molecule has 0 aliphatic heterocycles. The second-order valence-corrected chi connectivity index (χ2v) is 6.19. The summed E-state index contributed by atoms with van der Waals surface area (Å²) in [5, 5.41) is 11.5. The summed E-state index contributed by atoms with van der Waals surface area (Å²) < 4.78 is 0. The van der Waals surface area contributed by atoms with Gasteiger partial charge in [-0.15, -0.1) is 0 Å². The number of fused-ring (bicyclic) bond motifs is 1. The van der Waals surface area contributed by atoms with Crippen LogP contribution in [0.5, 0.6) is 0 Å². The van der Waals surface area contributed by atoms with Crippen LogP contribution in [0.15, 0.2) is 59.2 Å². The molecule has 1 aliphatic rings. The molecule has 1 fully saturated rings. The Bertz CT molecular complexity index is 733. The van der Waals surface area contributed by atoms with Gasteiger partial charge in [-0.3, -0.25) is 4.99 Å². The summed E-state index contributed by atoms with van der Waals surface area (Å²) in [5.74, 6) is 1.47. The zero-order valence-corrected chi connectivity index (χ0v) is 12.9. The molecule has 2 unspecified atom stereocenters. The van der Waals surface area contributed by atoms with Gasteiger partial charge in [0.2, 0.25) is 0 Å². The highest BCUT2D eigenvalue weighted by molar-refractivity contribution is 5.98. The molecule has 2 aromatic rings. The number of rotatable bonds is 5. The Kier molecular flexibility index (Phi) is 4.25. The molecule has 3 nitrogen and oxygen atoms in total. The minimum Gasteiger partial charge on any atom is -0.400 e. The average molecular weight is 294 g/mol. The molecule has 0 aromatic heterocycles. The first kappa shape index (κ1) is 14.8. The standard InChI is InChI=1S/C19H22N2O/c1-13-8-16(13)10-19(11-17(20)12-22)21-18-7-6-14-4-2-3-5-15(14)9-18/h2-7,9,11,13,16,22H,8,10,12,20H2,1H3. The SMILES string of the molecule is CC1CC1CC(C=C(N)CO)=Nc1ccc2ccccc2c1. The zero-order chi connectivity index (χ0) is 15.5. The molecule has 0 spiro atoms. The molecule has 2 atom stereocenters. The molecule has 0 saturated heterocycles. The van der Waals surface area contributed by atoms with Crippen molar-refractivity contribution < 1.29 is 5.11 Å². The van der Waals surface area contributed by atoms with Crippen molar-refractivity contribution in [1.29, 1.82) is 0 Å². The number of nitrogens with two attached hydrogens (primary N) is 1. The summed E-state index contributed by atoms with van der Waals surface area (Å²) in [7, 11) is 0. The third kappa shape index (κ3) is 3.55. The quantitative estimate of drug-likeness (QED) is 0.824. The molecule has 0 heterocycles. The van der Waals surface area contributed by atoms with Gasteiger partial charge in [0.05, 0.1) is 12.3 Å². The number of allylic oxidation sites excluding steroid dienone is 1. The maximum atomic E-state index is 9.14. The van der Waals surface area contributed by atoms with Gasteiger partial charge < -0.3 is 10.8 Å². The fraction of sp³-hybridized carbons (Fsp3) is 0.316. The lowest BCUT2D eigenvalue weighted by Crippen LogP contribution is -2.07. The second-order valence-electron chi connectivity index (χ2n) is 6.19. The maximum Gasteiger partial charge on any atom is 0.0826 e. The van der Waals surface area contributed by atoms with E-state index in [9.17, 15) is 0 Å². The fourth-order valence-electron chi connectivity index (χ4n) is 2.76. The first-order chi connectivity index (χ1) is 10.7. The van der Waals surface area contributed by atoms with E-state index in [1.54, 1.807) is 0 Å². The van der Waals surface area contributed by atoms with Gasteiger partial charge in [0, 0.05) is 11.4 Å². The number of nitrogens with zero attached hydrogens (tertiary/aromatic N) is 1. The molecule has 0 amide bonds. The zero-order valence-electron chi connectivity index (χ0n) is 12.9. The lowest BCUT2D eigenvalue weighted by molar-refractivity contribution is 0.330. The fourth-order valence-corrected chi connectivity index (χ4v) is 2.76. The molecule has 0 bridgehead atoms. The van der Waals surface area contributed by atoms with Crippen molar-refractivity contribution in [1.82, 2.24) is 0 Å². The smallest absolute Gasteiger partial charge is 0.0826 e. The predicted molar refractivity (Wildman–Crippen MR) is 92.3 cm³/mol. The van der Waals surface area contributed by atoms with E-state index in [4.69, 9.17) is 15.8 Å². The summed E-state index contributed by atoms with van der Waals surface area (Å²) >= 11 is 0. The molecule has 2 aromatic carbocycles. The summed E-state index contributed by atoms with van der Waals surface area (Å²) in [5.41, 5.74) is 8.13. The van der Waals surface area contributed by atoms with E-state index in [-0.39, 0.29) is 6.61 Å². The summed E-state index contributed by atoms with van der Waals surface area (Å²) in [6.45, 7) is 2.13. The van der Waals surface area contributed by atoms with E-state index in [0.717, 1.165) is 23.7 Å². The molecular formula is C19H22N2O. The first-order valence-corrected chi connectivity index (χ1v) is 7.79. The highest BCUT2D eigenvalue weighted by Gasteiger charge is 2.33. The van der Waals surface area contributed by atoms with Gasteiger partial charge in [-0.1, -0.05) is 37.3 Å². The van der Waals surface area contributed by atoms with E-state index in [0.29, 0.717) is 11.6 Å². The topological polar surface area (TPSA) is 58.6 Å². The van der Waals surface area contributed by atoms with Crippen molar-refractivity contribution in [3.05, 3.63) is 54.2 Å². The van der Waals surface area contributed by atoms with E-state index in [2.05, 4.69) is 31.2 Å². The number of aliphatic imine (C=N–C) groups is 1. The lowest BCUT2D eigenvalue weighted by Gasteiger charge is -2.05. The van der Waals surface area contributed by atoms with Gasteiger partial charge in [-0.05, 0) is 53.7 Å². The Morgan fingerprint density at radius 1 is 1.27 bits per heavy atom. The molecule has 22 heavy (non-hydrogen) atoms. The molecule has 3 rings (SSSR count). The Morgan fingerprint density at radius 3 is 2.68 bits per heavy atom. The van der Waals surface area contributed by atoms with Crippen LogP contribution in [-0.2, 0) is 0 Å². The molecule has 1 saturated carbocycles. The van der Waals surface area contributed by atoms with Gasteiger partial charge in [0.25, 0.3) is 0 Å². The summed E-state index contributed by atoms with van der Waals surface area (Å²) in [4.78, 5) is 4.76. The van der Waals surface area contributed by atoms with E-state index < -0.39 is 0 Å². The van der Waals surface area contributed by atoms with Crippen LogP contribution in [0.1, 0.15) is 19.8 Å². The molecule has 3 N–H and O–H groups in total. The number of hydrogen-bond acceptors (Lipinski definition) is 3. The van der Waals surface area contributed by atoms with Crippen molar-refractivity contribution in [2.45, 2.75) is 19.8 Å². The molecule has 0 radical (unpaired) electrons. The Hall–Kier alpha value is -2.13. The van der Waals surface area contributed by atoms with Crippen LogP contribution in [0.25, 0.3) is 10.8 Å². The molecule has 114 valence electrons. The highest BCUT2D eigenvalue weighted by atomic mass is 16.3. The van der Waals surface area contributed by atoms with Crippen LogP contribution in [0, 0.1) is 11.8 Å². The monoisotopic (exact) mass is 294 g/mol. The van der Waals surface area contributed by atoms with E-state index >= 15 is 0 Å². The minimum absolute atomic E-state index is 0.128. The van der Waals surface area contributed by atoms with Crippen LogP contribution >= 0.6 is 0 Å². The maximum absolute atomic E-state index is 9.14. The largest absolute Gasteiger partial charge is 0.400 e. The average Bonchev–Trinajstić information content (AvgIpc) is 3.21. The third-order valence-corrected chi connectivity index (χ3v) is 4.29. The normalized spacial score (nSPS) is 22.1. The highest BCUT2D eigenvalue weighted by Crippen LogP contribution is 2.41. The van der Waals surface area contributed by atoms with E-state index in [1.807, 2.05) is 24.3 Å². The van der Waals surface area contributed by atoms with Crippen molar-refractivity contribution in [2.75, 3.05) is 6.61 Å². The van der Waals surface area contributed by atoms with Gasteiger partial charge in [-0.2, -0.15) is 0 Å². The second kappa shape index (κ2) is 6.32. The predicted octanol–water partition coefficient (Wildman–Crippen LogP) is 3.79. The van der Waals surface area contributed by atoms with Gasteiger partial charge in [0.1, 0.15) is 0 Å². The number of aliphatic hydroxyl groups excluding tert-OH is 1. The van der Waals surface area contributed by atoms with Gasteiger partial charge >= 0.3 is 0 Å². The molecule has 1 aliphatic carbocycles. The van der Waals surface area contributed by atoms with E-state index in [1.165, 1.54) is 17.2 Å². The van der Waals surface area contributed by atoms with Crippen molar-refractivity contribution in [2.24, 2.45) is 22.6 Å². The Balaban J connectivity index is 1.91. The molecule has 3 heteroatoms. The first-order valence-electron chi connectivity index (χ1n) is 7.79. The van der Waals surface area contributed by atoms with Crippen LogP contribution in [0.2, 0.25) is 0 Å². The minimum atomic E-state index is -0.128. The van der Waals surface area contributed by atoms with Crippen molar-refractivity contribution >= 4 is 22.2 Å². The summed E-state index contributed by atoms with van der Waals surface area (Å²) in [6, 6.07) is 14.5. The van der Waals surface area contributed by atoms with Crippen molar-refractivity contribution in [3.8, 4) is 0 Å². The summed E-state index contributed by atoms with van der Waals surface area (Å²) in [6.07, 6.45) is 4.00. The van der Waals surface area contributed by atoms with Gasteiger partial charge in [0.15, 0.2) is 0 Å². The van der Waals surface area contributed by atoms with Crippen LogP contribution in [0.4, 0.5) is 5.69 Å². The Morgan fingerprint density at radius 2 is 2.00 bits per heavy atom. The number of aliphatic hydroxyl groups is 1. The lowest BCUT2D eigenvalue weighted by atomic mass is 10.1. The van der Waals surface area contributed by atoms with Crippen molar-refractivity contribution in [3.63, 3.8) is 0 Å². The molecular weight excluding hydrogens is 272 g/mol. The van der Waals surface area contributed by atoms with Crippen LogP contribution < -0.4 is 5.73 Å². The van der Waals surface area contributed by atoms with Crippen LogP contribution in [-0.4, -0.2) is 17.4 Å². The van der Waals surface area contributed by atoms with Gasteiger partial charge in [-0.25, -0.2) is 0 Å². The third-order valence-electron chi connectivity index (χ3n) is 4.29. The number of benzene rings is 2. The Labute approximate surface area is 131 Å².